The third-order valence-corrected chi connectivity index (χ3v) is 2.03. The van der Waals surface area contributed by atoms with E-state index in [0.29, 0.717) is 6.42 Å². The summed E-state index contributed by atoms with van der Waals surface area (Å²) in [5.74, 6) is -0.495. The van der Waals surface area contributed by atoms with Crippen molar-refractivity contribution in [2.75, 3.05) is 0 Å². The standard InChI is InChI=1S/C9H11FN2O2/c1-2-9(11)7-5-6(12(13)14)3-4-8(7)10/h3-5,9H,2,11H2,1H3. The highest BCUT2D eigenvalue weighted by molar-refractivity contribution is 5.36. The van der Waals surface area contributed by atoms with Crippen LogP contribution in [0.5, 0.6) is 0 Å². The lowest BCUT2D eigenvalue weighted by Gasteiger charge is -2.09. The molecule has 1 aromatic rings. The molecule has 0 aromatic heterocycles. The Bertz CT molecular complexity index is 355. The number of benzene rings is 1. The molecule has 0 aliphatic rings. The number of non-ortho nitro benzene ring substituents is 1. The molecule has 0 amide bonds. The summed E-state index contributed by atoms with van der Waals surface area (Å²) in [6.07, 6.45) is 0.540. The second-order valence-electron chi connectivity index (χ2n) is 2.98. The summed E-state index contributed by atoms with van der Waals surface area (Å²) >= 11 is 0. The van der Waals surface area contributed by atoms with Crippen LogP contribution in [0.15, 0.2) is 18.2 Å². The molecule has 0 bridgehead atoms. The van der Waals surface area contributed by atoms with Gasteiger partial charge in [-0.15, -0.1) is 0 Å². The molecular weight excluding hydrogens is 187 g/mol. The van der Waals surface area contributed by atoms with Gasteiger partial charge in [0.25, 0.3) is 5.69 Å². The van der Waals surface area contributed by atoms with Crippen molar-refractivity contribution in [1.29, 1.82) is 0 Å². The molecule has 0 saturated heterocycles. The fourth-order valence-corrected chi connectivity index (χ4v) is 1.15. The SMILES string of the molecule is CCC(N)c1cc([N+](=O)[O-])ccc1F. The van der Waals surface area contributed by atoms with Crippen LogP contribution in [0.25, 0.3) is 0 Å². The van der Waals surface area contributed by atoms with E-state index in [9.17, 15) is 14.5 Å². The van der Waals surface area contributed by atoms with E-state index in [0.717, 1.165) is 12.1 Å². The first kappa shape index (κ1) is 10.6. The molecule has 4 nitrogen and oxygen atoms in total. The van der Waals surface area contributed by atoms with E-state index in [2.05, 4.69) is 0 Å². The Kier molecular flexibility index (Phi) is 3.14. The summed E-state index contributed by atoms with van der Waals surface area (Å²) < 4.78 is 13.2. The number of nitro benzene ring substituents is 1. The molecule has 76 valence electrons. The van der Waals surface area contributed by atoms with Crippen LogP contribution in [0.2, 0.25) is 0 Å². The van der Waals surface area contributed by atoms with E-state index in [1.807, 2.05) is 0 Å². The molecule has 2 N–H and O–H groups in total. The molecule has 14 heavy (non-hydrogen) atoms. The normalized spacial score (nSPS) is 12.5. The second kappa shape index (κ2) is 4.15. The summed E-state index contributed by atoms with van der Waals surface area (Å²) in [4.78, 5) is 9.85. The van der Waals surface area contributed by atoms with Crippen LogP contribution >= 0.6 is 0 Å². The third-order valence-electron chi connectivity index (χ3n) is 2.03. The maximum Gasteiger partial charge on any atom is 0.269 e. The molecule has 0 radical (unpaired) electrons. The number of hydrogen-bond donors (Lipinski definition) is 1. The molecular formula is C9H11FN2O2. The number of nitrogens with two attached hydrogens (primary N) is 1. The zero-order valence-corrected chi connectivity index (χ0v) is 7.74. The van der Waals surface area contributed by atoms with Crippen molar-refractivity contribution in [3.05, 3.63) is 39.7 Å². The van der Waals surface area contributed by atoms with Crippen molar-refractivity contribution in [3.63, 3.8) is 0 Å². The van der Waals surface area contributed by atoms with Crippen molar-refractivity contribution in [1.82, 2.24) is 0 Å². The summed E-state index contributed by atoms with van der Waals surface area (Å²) in [5.41, 5.74) is 5.66. The molecule has 1 unspecified atom stereocenters. The van der Waals surface area contributed by atoms with Crippen molar-refractivity contribution in [2.24, 2.45) is 5.73 Å². The molecule has 0 saturated carbocycles. The predicted molar refractivity (Wildman–Crippen MR) is 50.3 cm³/mol. The fraction of sp³-hybridized carbons (Fsp3) is 0.333. The maximum absolute atomic E-state index is 13.2. The van der Waals surface area contributed by atoms with Crippen LogP contribution in [-0.4, -0.2) is 4.92 Å². The van der Waals surface area contributed by atoms with Gasteiger partial charge in [0.2, 0.25) is 0 Å². The topological polar surface area (TPSA) is 69.2 Å². The summed E-state index contributed by atoms with van der Waals surface area (Å²) in [6, 6.07) is 2.89. The Labute approximate surface area is 80.7 Å². The molecule has 0 aliphatic heterocycles. The molecule has 1 rings (SSSR count). The highest BCUT2D eigenvalue weighted by atomic mass is 19.1. The number of rotatable bonds is 3. The van der Waals surface area contributed by atoms with Crippen LogP contribution in [0.1, 0.15) is 24.9 Å². The zero-order chi connectivity index (χ0) is 10.7. The van der Waals surface area contributed by atoms with Gasteiger partial charge in [0, 0.05) is 23.7 Å². The monoisotopic (exact) mass is 198 g/mol. The van der Waals surface area contributed by atoms with Gasteiger partial charge in [-0.3, -0.25) is 10.1 Å². The lowest BCUT2D eigenvalue weighted by Crippen LogP contribution is -2.11. The Morgan fingerprint density at radius 2 is 2.29 bits per heavy atom. The molecule has 0 fully saturated rings. The fourth-order valence-electron chi connectivity index (χ4n) is 1.15. The Hall–Kier alpha value is -1.49. The quantitative estimate of drug-likeness (QED) is 0.597. The average molecular weight is 198 g/mol. The smallest absolute Gasteiger partial charge is 0.269 e. The van der Waals surface area contributed by atoms with Crippen molar-refractivity contribution < 1.29 is 9.31 Å². The molecule has 0 heterocycles. The number of nitrogens with zero attached hydrogens (tertiary/aromatic N) is 1. The van der Waals surface area contributed by atoms with Crippen LogP contribution in [0, 0.1) is 15.9 Å². The van der Waals surface area contributed by atoms with Crippen molar-refractivity contribution in [2.45, 2.75) is 19.4 Å². The highest BCUT2D eigenvalue weighted by Gasteiger charge is 2.14. The van der Waals surface area contributed by atoms with E-state index in [4.69, 9.17) is 5.73 Å². The van der Waals surface area contributed by atoms with Crippen LogP contribution in [0.3, 0.4) is 0 Å². The van der Waals surface area contributed by atoms with Gasteiger partial charge in [-0.2, -0.15) is 0 Å². The molecule has 0 aliphatic carbocycles. The number of halogens is 1. The van der Waals surface area contributed by atoms with Gasteiger partial charge in [0.05, 0.1) is 4.92 Å². The van der Waals surface area contributed by atoms with Gasteiger partial charge in [0.1, 0.15) is 5.82 Å². The van der Waals surface area contributed by atoms with Crippen LogP contribution < -0.4 is 5.73 Å². The van der Waals surface area contributed by atoms with E-state index < -0.39 is 16.8 Å². The minimum Gasteiger partial charge on any atom is -0.324 e. The van der Waals surface area contributed by atoms with E-state index in [1.54, 1.807) is 6.92 Å². The summed E-state index contributed by atoms with van der Waals surface area (Å²) in [5, 5.41) is 10.4. The van der Waals surface area contributed by atoms with Gasteiger partial charge >= 0.3 is 0 Å². The van der Waals surface area contributed by atoms with Gasteiger partial charge < -0.3 is 5.73 Å². The third kappa shape index (κ3) is 2.05. The maximum atomic E-state index is 13.2. The summed E-state index contributed by atoms with van der Waals surface area (Å²) in [6.45, 7) is 1.79. The van der Waals surface area contributed by atoms with Gasteiger partial charge in [-0.1, -0.05) is 6.92 Å². The number of hydrogen-bond acceptors (Lipinski definition) is 3. The van der Waals surface area contributed by atoms with E-state index in [1.165, 1.54) is 6.07 Å². The Morgan fingerprint density at radius 3 is 2.79 bits per heavy atom. The van der Waals surface area contributed by atoms with Crippen LogP contribution in [0.4, 0.5) is 10.1 Å². The van der Waals surface area contributed by atoms with E-state index >= 15 is 0 Å². The molecule has 5 heteroatoms. The Balaban J connectivity index is 3.14. The second-order valence-corrected chi connectivity index (χ2v) is 2.98. The first-order chi connectivity index (χ1) is 6.56. The molecule has 1 aromatic carbocycles. The first-order valence-electron chi connectivity index (χ1n) is 4.25. The minimum absolute atomic E-state index is 0.134. The molecule has 1 atom stereocenters. The predicted octanol–water partition coefficient (Wildman–Crippen LogP) is 2.14. The van der Waals surface area contributed by atoms with E-state index in [-0.39, 0.29) is 11.3 Å². The van der Waals surface area contributed by atoms with Gasteiger partial charge in [-0.25, -0.2) is 4.39 Å². The largest absolute Gasteiger partial charge is 0.324 e. The lowest BCUT2D eigenvalue weighted by atomic mass is 10.0. The first-order valence-corrected chi connectivity index (χ1v) is 4.25. The van der Waals surface area contributed by atoms with Gasteiger partial charge in [0.15, 0.2) is 0 Å². The zero-order valence-electron chi connectivity index (χ0n) is 7.74. The Morgan fingerprint density at radius 1 is 1.64 bits per heavy atom. The van der Waals surface area contributed by atoms with Gasteiger partial charge in [-0.05, 0) is 12.5 Å². The van der Waals surface area contributed by atoms with Crippen molar-refractivity contribution in [3.8, 4) is 0 Å². The lowest BCUT2D eigenvalue weighted by molar-refractivity contribution is -0.385. The number of nitro groups is 1. The van der Waals surface area contributed by atoms with Crippen LogP contribution in [-0.2, 0) is 0 Å². The minimum atomic E-state index is -0.564. The van der Waals surface area contributed by atoms with Crippen molar-refractivity contribution >= 4 is 5.69 Å². The molecule has 0 spiro atoms. The average Bonchev–Trinajstić information content (AvgIpc) is 2.17. The summed E-state index contributed by atoms with van der Waals surface area (Å²) in [7, 11) is 0. The highest BCUT2D eigenvalue weighted by Crippen LogP contribution is 2.22.